The molecule has 4 aromatic rings. The number of hydrogen-bond acceptors (Lipinski definition) is 6. The minimum atomic E-state index is -4.85. The number of nitrogens with zero attached hydrogens (tertiary/aromatic N) is 1. The highest BCUT2D eigenvalue weighted by molar-refractivity contribution is 7.58. The van der Waals surface area contributed by atoms with Crippen LogP contribution in [0.2, 0.25) is 0 Å². The predicted molar refractivity (Wildman–Crippen MR) is 220 cm³/mol. The Morgan fingerprint density at radius 3 is 1.61 bits per heavy atom. The van der Waals surface area contributed by atoms with E-state index in [1.807, 2.05) is 53.8 Å². The average Bonchev–Trinajstić information content (AvgIpc) is 3.20. The molecule has 0 aromatic heterocycles. The maximum absolute atomic E-state index is 12.5. The fourth-order valence-corrected chi connectivity index (χ4v) is 9.14. The highest BCUT2D eigenvalue weighted by Crippen LogP contribution is 2.47. The van der Waals surface area contributed by atoms with Crippen molar-refractivity contribution in [2.75, 3.05) is 27.4 Å². The molecular weight excluding hydrogens is 736 g/mol. The predicted octanol–water partition coefficient (Wildman–Crippen LogP) is 10.6. The van der Waals surface area contributed by atoms with Gasteiger partial charge >= 0.3 is 12.1 Å². The highest BCUT2D eigenvalue weighted by Gasteiger charge is 2.40. The first-order valence-electron chi connectivity index (χ1n) is 19.5. The van der Waals surface area contributed by atoms with Gasteiger partial charge in [-0.3, -0.25) is 9.46 Å². The number of carbonyl (C=O) groups is 1. The van der Waals surface area contributed by atoms with Gasteiger partial charge in [0.2, 0.25) is 0 Å². The summed E-state index contributed by atoms with van der Waals surface area (Å²) in [6, 6.07) is 37.1. The van der Waals surface area contributed by atoms with Gasteiger partial charge in [0.15, 0.2) is 0 Å². The molecule has 0 bridgehead atoms. The molecule has 0 aliphatic heterocycles. The van der Waals surface area contributed by atoms with Gasteiger partial charge in [0, 0.05) is 23.9 Å². The molecule has 7 nitrogen and oxygen atoms in total. The highest BCUT2D eigenvalue weighted by atomic mass is 31.2. The van der Waals surface area contributed by atoms with E-state index in [0.29, 0.717) is 13.0 Å². The Morgan fingerprint density at radius 1 is 0.661 bits per heavy atom. The van der Waals surface area contributed by atoms with Crippen molar-refractivity contribution in [1.82, 2.24) is 9.99 Å². The molecule has 0 saturated heterocycles. The van der Waals surface area contributed by atoms with Crippen molar-refractivity contribution < 1.29 is 36.7 Å². The molecule has 2 unspecified atom stereocenters. The number of ether oxygens (including phenoxy) is 3. The lowest BCUT2D eigenvalue weighted by atomic mass is 9.80. The molecule has 0 saturated carbocycles. The molecule has 56 heavy (non-hydrogen) atoms. The van der Waals surface area contributed by atoms with Crippen LogP contribution in [0.5, 0.6) is 11.5 Å². The van der Waals surface area contributed by atoms with Crippen LogP contribution < -0.4 is 20.1 Å². The van der Waals surface area contributed by atoms with E-state index >= 15 is 0 Å². The second-order valence-electron chi connectivity index (χ2n) is 14.4. The summed E-state index contributed by atoms with van der Waals surface area (Å²) in [5.41, 5.74) is 1.85. The molecule has 0 aliphatic rings. The number of benzene rings is 4. The summed E-state index contributed by atoms with van der Waals surface area (Å²) < 4.78 is 65.8. The summed E-state index contributed by atoms with van der Waals surface area (Å²) in [7, 11) is 2.11. The van der Waals surface area contributed by atoms with Crippen LogP contribution in [0, 0.1) is 0 Å². The van der Waals surface area contributed by atoms with Gasteiger partial charge in [0.1, 0.15) is 25.4 Å². The van der Waals surface area contributed by atoms with Crippen LogP contribution >= 0.6 is 8.30 Å². The van der Waals surface area contributed by atoms with Gasteiger partial charge in [0.25, 0.3) is 0 Å². The van der Waals surface area contributed by atoms with Crippen LogP contribution in [0.15, 0.2) is 109 Å². The van der Waals surface area contributed by atoms with Crippen LogP contribution in [-0.4, -0.2) is 62.3 Å². The number of alkyl halides is 3. The fourth-order valence-electron chi connectivity index (χ4n) is 6.93. The number of carbonyl (C=O) groups excluding carboxylic acids is 1. The molecular formula is C45H58F3N2O5P. The van der Waals surface area contributed by atoms with E-state index in [-0.39, 0.29) is 24.7 Å². The number of methoxy groups -OCH3 is 2. The zero-order valence-corrected chi connectivity index (χ0v) is 34.5. The lowest BCUT2D eigenvalue weighted by Gasteiger charge is -2.40. The largest absolute Gasteiger partial charge is 0.497 e. The molecule has 4 aromatic carbocycles. The third-order valence-electron chi connectivity index (χ3n) is 9.65. The van der Waals surface area contributed by atoms with Crippen LogP contribution in [0.25, 0.3) is 0 Å². The summed E-state index contributed by atoms with van der Waals surface area (Å²) in [4.78, 5) is 11.1. The number of unbranched alkanes of at least 4 members (excludes halogenated alkanes) is 5. The molecule has 4 rings (SSSR count). The number of amides is 1. The number of rotatable bonds is 23. The van der Waals surface area contributed by atoms with E-state index in [1.165, 1.54) is 0 Å². The zero-order chi connectivity index (χ0) is 40.6. The summed E-state index contributed by atoms with van der Waals surface area (Å²) in [6.45, 7) is 9.12. The summed E-state index contributed by atoms with van der Waals surface area (Å²) in [5.74, 6) is -0.396. The van der Waals surface area contributed by atoms with Crippen molar-refractivity contribution in [3.63, 3.8) is 0 Å². The minimum Gasteiger partial charge on any atom is -0.497 e. The molecule has 304 valence electrons. The second kappa shape index (κ2) is 22.1. The maximum atomic E-state index is 12.5. The van der Waals surface area contributed by atoms with Crippen molar-refractivity contribution in [2.24, 2.45) is 0 Å². The molecule has 0 aliphatic carbocycles. The van der Waals surface area contributed by atoms with Crippen LogP contribution in [0.4, 0.5) is 13.2 Å². The molecule has 11 heteroatoms. The van der Waals surface area contributed by atoms with Crippen molar-refractivity contribution in [3.05, 3.63) is 126 Å². The third kappa shape index (κ3) is 12.5. The second-order valence-corrected chi connectivity index (χ2v) is 16.1. The summed E-state index contributed by atoms with van der Waals surface area (Å²) in [5, 5.41) is 3.09. The first-order chi connectivity index (χ1) is 26.9. The Kier molecular flexibility index (Phi) is 17.7. The topological polar surface area (TPSA) is 69.3 Å². The molecule has 0 heterocycles. The van der Waals surface area contributed by atoms with Gasteiger partial charge in [-0.05, 0) is 81.5 Å². The van der Waals surface area contributed by atoms with Crippen molar-refractivity contribution >= 4 is 19.5 Å². The van der Waals surface area contributed by atoms with E-state index < -0.39 is 26.0 Å². The van der Waals surface area contributed by atoms with E-state index in [2.05, 4.69) is 93.0 Å². The van der Waals surface area contributed by atoms with E-state index in [0.717, 1.165) is 72.0 Å². The monoisotopic (exact) mass is 794 g/mol. The fraction of sp³-hybridized carbons (Fsp3) is 0.444. The molecule has 0 spiro atoms. The smallest absolute Gasteiger partial charge is 0.471 e. The summed E-state index contributed by atoms with van der Waals surface area (Å²) >= 11 is 0. The number of halogens is 3. The van der Waals surface area contributed by atoms with Crippen LogP contribution in [0.3, 0.4) is 0 Å². The van der Waals surface area contributed by atoms with E-state index in [1.54, 1.807) is 14.2 Å². The average molecular weight is 795 g/mol. The van der Waals surface area contributed by atoms with Crippen LogP contribution in [0.1, 0.15) is 89.3 Å². The minimum absolute atomic E-state index is 0.0163. The third-order valence-corrected chi connectivity index (χ3v) is 12.2. The molecule has 1 N–H and O–H groups in total. The Labute approximate surface area is 332 Å². The summed E-state index contributed by atoms with van der Waals surface area (Å²) in [6.07, 6.45) is 0.440. The lowest BCUT2D eigenvalue weighted by molar-refractivity contribution is -0.173. The zero-order valence-electron chi connectivity index (χ0n) is 33.6. The Bertz CT molecular complexity index is 1650. The molecule has 1 amide bonds. The van der Waals surface area contributed by atoms with E-state index in [4.69, 9.17) is 18.7 Å². The first kappa shape index (κ1) is 44.8. The van der Waals surface area contributed by atoms with Crippen molar-refractivity contribution in [3.8, 4) is 11.5 Å². The van der Waals surface area contributed by atoms with Crippen molar-refractivity contribution in [1.29, 1.82) is 0 Å². The van der Waals surface area contributed by atoms with Crippen molar-refractivity contribution in [2.45, 2.75) is 103 Å². The van der Waals surface area contributed by atoms with Crippen LogP contribution in [-0.2, 0) is 19.7 Å². The normalized spacial score (nSPS) is 13.2. The maximum Gasteiger partial charge on any atom is 0.471 e. The van der Waals surface area contributed by atoms with Gasteiger partial charge < -0.3 is 24.1 Å². The number of hydrogen-bond donors (Lipinski definition) is 1. The molecule has 0 fully saturated rings. The molecule has 0 radical (unpaired) electrons. The van der Waals surface area contributed by atoms with E-state index in [9.17, 15) is 18.0 Å². The Morgan fingerprint density at radius 2 is 1.12 bits per heavy atom. The number of nitrogens with one attached hydrogen (secondary N) is 1. The lowest BCUT2D eigenvalue weighted by Crippen LogP contribution is -2.39. The van der Waals surface area contributed by atoms with Gasteiger partial charge in [-0.2, -0.15) is 13.2 Å². The van der Waals surface area contributed by atoms with Gasteiger partial charge in [-0.1, -0.05) is 117 Å². The van der Waals surface area contributed by atoms with Gasteiger partial charge in [0.05, 0.1) is 26.9 Å². The Balaban J connectivity index is 1.65. The molecule has 2 atom stereocenters. The van der Waals surface area contributed by atoms with Gasteiger partial charge in [-0.25, -0.2) is 0 Å². The quantitative estimate of drug-likeness (QED) is 0.0458. The standard InChI is InChI=1S/C45H58F3N2O5P/c1-34(2)50(35(3)4)56(42-22-16-12-17-23-42)55-41(21-15-9-7-8-10-18-32-49-43(51)45(46,47)48)33-54-44(36-19-13-11-14-20-36,37-24-28-39(52-5)29-25-37)38-26-30-40(53-6)31-27-38/h11-14,16-17,19-20,22-31,34-35,41H,7-10,15,18,21,32-33H2,1-6H3,(H,49,51). The first-order valence-corrected chi connectivity index (χ1v) is 20.8. The Hall–Kier alpha value is -3.95. The SMILES string of the molecule is COc1ccc(C(OCC(CCCCCCCCNC(=O)C(F)(F)F)OP(c2ccccc2)N(C(C)C)C(C)C)(c2ccccc2)c2ccc(OC)cc2)cc1. The van der Waals surface area contributed by atoms with Gasteiger partial charge in [-0.15, -0.1) is 0 Å².